The highest BCUT2D eigenvalue weighted by atomic mass is 16.6. The van der Waals surface area contributed by atoms with Crippen LogP contribution in [-0.2, 0) is 0 Å². The SMILES string of the molecule is CCN(CC)C(=O)c1cc([N+](=O)[O-])ncc1N. The van der Waals surface area contributed by atoms with Gasteiger partial charge in [-0.2, -0.15) is 0 Å². The van der Waals surface area contributed by atoms with E-state index >= 15 is 0 Å². The molecule has 0 atom stereocenters. The van der Waals surface area contributed by atoms with Crippen molar-refractivity contribution in [1.82, 2.24) is 9.88 Å². The van der Waals surface area contributed by atoms with Crippen LogP contribution in [0.1, 0.15) is 24.2 Å². The van der Waals surface area contributed by atoms with Crippen molar-refractivity contribution in [1.29, 1.82) is 0 Å². The molecule has 1 heterocycles. The Bertz CT molecular complexity index is 443. The molecule has 1 aromatic heterocycles. The molecule has 0 aliphatic rings. The highest BCUT2D eigenvalue weighted by Crippen LogP contribution is 2.18. The third-order valence-electron chi connectivity index (χ3n) is 2.39. The number of nitrogen functional groups attached to an aromatic ring is 1. The van der Waals surface area contributed by atoms with Crippen LogP contribution in [0.4, 0.5) is 11.5 Å². The summed E-state index contributed by atoms with van der Waals surface area (Å²) < 4.78 is 0. The highest BCUT2D eigenvalue weighted by molar-refractivity contribution is 5.99. The topological polar surface area (TPSA) is 102 Å². The third kappa shape index (κ3) is 2.68. The summed E-state index contributed by atoms with van der Waals surface area (Å²) in [6, 6.07) is 1.11. The van der Waals surface area contributed by atoms with Gasteiger partial charge in [-0.05, 0) is 23.8 Å². The second-order valence-electron chi connectivity index (χ2n) is 3.36. The first-order chi connectivity index (χ1) is 8.01. The van der Waals surface area contributed by atoms with Crippen molar-refractivity contribution in [3.63, 3.8) is 0 Å². The summed E-state index contributed by atoms with van der Waals surface area (Å²) in [5.74, 6) is -0.701. The van der Waals surface area contributed by atoms with Gasteiger partial charge in [-0.15, -0.1) is 0 Å². The molecule has 92 valence electrons. The molecule has 1 rings (SSSR count). The summed E-state index contributed by atoms with van der Waals surface area (Å²) in [7, 11) is 0. The molecule has 17 heavy (non-hydrogen) atoms. The number of amides is 1. The maximum Gasteiger partial charge on any atom is 0.364 e. The van der Waals surface area contributed by atoms with Crippen molar-refractivity contribution in [3.05, 3.63) is 27.9 Å². The van der Waals surface area contributed by atoms with Gasteiger partial charge in [-0.3, -0.25) is 4.79 Å². The quantitative estimate of drug-likeness (QED) is 0.624. The van der Waals surface area contributed by atoms with Gasteiger partial charge >= 0.3 is 5.82 Å². The van der Waals surface area contributed by atoms with Crippen LogP contribution >= 0.6 is 0 Å². The fourth-order valence-corrected chi connectivity index (χ4v) is 1.42. The van der Waals surface area contributed by atoms with Gasteiger partial charge in [0.05, 0.1) is 17.3 Å². The van der Waals surface area contributed by atoms with Gasteiger partial charge in [0.2, 0.25) is 0 Å². The second kappa shape index (κ2) is 5.24. The lowest BCUT2D eigenvalue weighted by molar-refractivity contribution is -0.389. The molecule has 0 unspecified atom stereocenters. The van der Waals surface area contributed by atoms with Crippen molar-refractivity contribution in [2.45, 2.75) is 13.8 Å². The minimum atomic E-state index is -0.654. The van der Waals surface area contributed by atoms with Crippen LogP contribution in [0.3, 0.4) is 0 Å². The van der Waals surface area contributed by atoms with Crippen LogP contribution < -0.4 is 5.73 Å². The first-order valence-corrected chi connectivity index (χ1v) is 5.20. The molecule has 1 amide bonds. The van der Waals surface area contributed by atoms with E-state index in [0.29, 0.717) is 13.1 Å². The number of nitrogens with two attached hydrogens (primary N) is 1. The Morgan fingerprint density at radius 3 is 2.59 bits per heavy atom. The van der Waals surface area contributed by atoms with E-state index in [1.165, 1.54) is 4.90 Å². The summed E-state index contributed by atoms with van der Waals surface area (Å²) in [6.45, 7) is 4.69. The average molecular weight is 238 g/mol. The molecule has 0 saturated carbocycles. The zero-order valence-corrected chi connectivity index (χ0v) is 9.71. The van der Waals surface area contributed by atoms with Gasteiger partial charge in [-0.1, -0.05) is 0 Å². The Kier molecular flexibility index (Phi) is 3.97. The van der Waals surface area contributed by atoms with Crippen molar-refractivity contribution in [3.8, 4) is 0 Å². The van der Waals surface area contributed by atoms with Crippen molar-refractivity contribution < 1.29 is 9.72 Å². The minimum Gasteiger partial charge on any atom is -0.395 e. The summed E-state index contributed by atoms with van der Waals surface area (Å²) in [6.07, 6.45) is 1.13. The molecule has 7 heteroatoms. The van der Waals surface area contributed by atoms with Gasteiger partial charge in [0.15, 0.2) is 6.20 Å². The van der Waals surface area contributed by atoms with E-state index in [4.69, 9.17) is 5.73 Å². The Morgan fingerprint density at radius 1 is 1.53 bits per heavy atom. The standard InChI is InChI=1S/C10H14N4O3/c1-3-13(4-2)10(15)7-5-9(14(16)17)12-6-8(7)11/h5-6H,3-4,11H2,1-2H3. The Morgan fingerprint density at radius 2 is 2.12 bits per heavy atom. The lowest BCUT2D eigenvalue weighted by Gasteiger charge is -2.18. The molecule has 1 aromatic rings. The van der Waals surface area contributed by atoms with Crippen LogP contribution in [0.25, 0.3) is 0 Å². The smallest absolute Gasteiger partial charge is 0.364 e. The molecule has 0 fully saturated rings. The minimum absolute atomic E-state index is 0.121. The van der Waals surface area contributed by atoms with E-state index < -0.39 is 4.92 Å². The zero-order chi connectivity index (χ0) is 13.0. The van der Waals surface area contributed by atoms with E-state index in [1.807, 2.05) is 13.8 Å². The normalized spacial score (nSPS) is 10.0. The number of rotatable bonds is 4. The zero-order valence-electron chi connectivity index (χ0n) is 9.71. The van der Waals surface area contributed by atoms with E-state index in [1.54, 1.807) is 0 Å². The predicted octanol–water partition coefficient (Wildman–Crippen LogP) is 1.05. The van der Waals surface area contributed by atoms with E-state index in [9.17, 15) is 14.9 Å². The van der Waals surface area contributed by atoms with Crippen LogP contribution in [0, 0.1) is 10.1 Å². The fourth-order valence-electron chi connectivity index (χ4n) is 1.42. The van der Waals surface area contributed by atoms with Gasteiger partial charge < -0.3 is 20.7 Å². The largest absolute Gasteiger partial charge is 0.395 e. The molecule has 0 radical (unpaired) electrons. The van der Waals surface area contributed by atoms with Crippen LogP contribution in [0.15, 0.2) is 12.3 Å². The number of hydrogen-bond acceptors (Lipinski definition) is 5. The highest BCUT2D eigenvalue weighted by Gasteiger charge is 2.20. The molecule has 0 aromatic carbocycles. The molecular weight excluding hydrogens is 224 g/mol. The van der Waals surface area contributed by atoms with Gasteiger partial charge in [-0.25, -0.2) is 0 Å². The monoisotopic (exact) mass is 238 g/mol. The van der Waals surface area contributed by atoms with E-state index in [2.05, 4.69) is 4.98 Å². The molecule has 0 bridgehead atoms. The fraction of sp³-hybridized carbons (Fsp3) is 0.400. The number of carbonyl (C=O) groups is 1. The maximum atomic E-state index is 12.0. The average Bonchev–Trinajstić information content (AvgIpc) is 2.30. The Hall–Kier alpha value is -2.18. The van der Waals surface area contributed by atoms with Crippen LogP contribution in [0.2, 0.25) is 0 Å². The molecule has 0 spiro atoms. The van der Waals surface area contributed by atoms with Crippen molar-refractivity contribution >= 4 is 17.4 Å². The Balaban J connectivity index is 3.16. The molecule has 0 aliphatic heterocycles. The number of hydrogen-bond donors (Lipinski definition) is 1. The molecule has 0 saturated heterocycles. The molecule has 0 aliphatic carbocycles. The number of nitrogens with zero attached hydrogens (tertiary/aromatic N) is 3. The van der Waals surface area contributed by atoms with Gasteiger partial charge in [0, 0.05) is 13.1 Å². The molecule has 7 nitrogen and oxygen atoms in total. The second-order valence-corrected chi connectivity index (χ2v) is 3.36. The molecular formula is C10H14N4O3. The van der Waals surface area contributed by atoms with Crippen molar-refractivity contribution in [2.75, 3.05) is 18.8 Å². The Labute approximate surface area is 98.4 Å². The third-order valence-corrected chi connectivity index (χ3v) is 2.39. The lowest BCUT2D eigenvalue weighted by atomic mass is 10.2. The maximum absolute atomic E-state index is 12.0. The first-order valence-electron chi connectivity index (χ1n) is 5.20. The molecule has 2 N–H and O–H groups in total. The number of carbonyl (C=O) groups excluding carboxylic acids is 1. The van der Waals surface area contributed by atoms with Gasteiger partial charge in [0.1, 0.15) is 0 Å². The number of anilines is 1. The predicted molar refractivity (Wildman–Crippen MR) is 62.6 cm³/mol. The van der Waals surface area contributed by atoms with Crippen molar-refractivity contribution in [2.24, 2.45) is 0 Å². The van der Waals surface area contributed by atoms with Crippen LogP contribution in [-0.4, -0.2) is 33.8 Å². The number of pyridine rings is 1. The summed E-state index contributed by atoms with van der Waals surface area (Å²) in [5, 5.41) is 10.6. The summed E-state index contributed by atoms with van der Waals surface area (Å²) in [5.41, 5.74) is 5.87. The van der Waals surface area contributed by atoms with E-state index in [-0.39, 0.29) is 23.0 Å². The van der Waals surface area contributed by atoms with Crippen LogP contribution in [0.5, 0.6) is 0 Å². The summed E-state index contributed by atoms with van der Waals surface area (Å²) in [4.78, 5) is 27.0. The van der Waals surface area contributed by atoms with E-state index in [0.717, 1.165) is 12.3 Å². The van der Waals surface area contributed by atoms with Gasteiger partial charge in [0.25, 0.3) is 5.91 Å². The number of aromatic nitrogens is 1. The first kappa shape index (κ1) is 12.9. The summed E-state index contributed by atoms with van der Waals surface area (Å²) >= 11 is 0. The number of nitro groups is 1. The lowest BCUT2D eigenvalue weighted by Crippen LogP contribution is -2.31.